The molecule has 2 N–H and O–H groups in total. The maximum atomic E-state index is 11.9. The quantitative estimate of drug-likeness (QED) is 0.804. The summed E-state index contributed by atoms with van der Waals surface area (Å²) in [5.41, 5.74) is 0. The van der Waals surface area contributed by atoms with Gasteiger partial charge in [0.05, 0.1) is 6.10 Å². The van der Waals surface area contributed by atoms with Crippen LogP contribution in [0.25, 0.3) is 0 Å². The summed E-state index contributed by atoms with van der Waals surface area (Å²) in [6.07, 6.45) is 9.03. The number of fused-ring (bicyclic) bond motifs is 2. The van der Waals surface area contributed by atoms with Crippen molar-refractivity contribution in [2.24, 2.45) is 23.7 Å². The van der Waals surface area contributed by atoms with Crippen LogP contribution < -0.4 is 5.32 Å². The van der Waals surface area contributed by atoms with Crippen molar-refractivity contribution in [1.29, 1.82) is 0 Å². The molecule has 0 spiro atoms. The Labute approximate surface area is 109 Å². The van der Waals surface area contributed by atoms with Gasteiger partial charge < -0.3 is 10.4 Å². The minimum absolute atomic E-state index is 0.187. The molecule has 0 radical (unpaired) electrons. The average molecular weight is 251 g/mol. The van der Waals surface area contributed by atoms with E-state index < -0.39 is 0 Å². The van der Waals surface area contributed by atoms with Gasteiger partial charge in [-0.2, -0.15) is 0 Å². The first-order chi connectivity index (χ1) is 8.72. The Hall–Kier alpha value is -0.570. The van der Waals surface area contributed by atoms with Crippen LogP contribution in [0.4, 0.5) is 0 Å². The van der Waals surface area contributed by atoms with Crippen LogP contribution in [0.1, 0.15) is 51.4 Å². The van der Waals surface area contributed by atoms with Gasteiger partial charge in [0.25, 0.3) is 0 Å². The first-order valence-electron chi connectivity index (χ1n) is 7.67. The highest BCUT2D eigenvalue weighted by atomic mass is 16.3. The Morgan fingerprint density at radius 1 is 1.11 bits per heavy atom. The molecule has 3 aliphatic rings. The molecule has 0 aromatic heterocycles. The number of aliphatic hydroxyl groups excluding tert-OH is 1. The van der Waals surface area contributed by atoms with Crippen molar-refractivity contribution in [3.8, 4) is 0 Å². The SMILES string of the molecule is O=C(CC1CC2CCC1C2)NCC1CCCC1O. The van der Waals surface area contributed by atoms with Gasteiger partial charge in [0, 0.05) is 18.9 Å². The number of carbonyl (C=O) groups excluding carboxylic acids is 1. The largest absolute Gasteiger partial charge is 0.393 e. The van der Waals surface area contributed by atoms with E-state index in [2.05, 4.69) is 5.32 Å². The van der Waals surface area contributed by atoms with E-state index in [-0.39, 0.29) is 12.0 Å². The van der Waals surface area contributed by atoms with Crippen molar-refractivity contribution in [3.63, 3.8) is 0 Å². The van der Waals surface area contributed by atoms with E-state index in [0.29, 0.717) is 18.4 Å². The summed E-state index contributed by atoms with van der Waals surface area (Å²) in [7, 11) is 0. The van der Waals surface area contributed by atoms with E-state index >= 15 is 0 Å². The second kappa shape index (κ2) is 5.20. The van der Waals surface area contributed by atoms with Gasteiger partial charge in [0.1, 0.15) is 0 Å². The summed E-state index contributed by atoms with van der Waals surface area (Å²) in [5.74, 6) is 2.92. The van der Waals surface area contributed by atoms with Crippen molar-refractivity contribution < 1.29 is 9.90 Å². The first-order valence-corrected chi connectivity index (χ1v) is 7.67. The van der Waals surface area contributed by atoms with Gasteiger partial charge in [-0.05, 0) is 49.9 Å². The highest BCUT2D eigenvalue weighted by molar-refractivity contribution is 5.76. The fraction of sp³-hybridized carbons (Fsp3) is 0.933. The van der Waals surface area contributed by atoms with E-state index in [1.807, 2.05) is 0 Å². The number of hydrogen-bond acceptors (Lipinski definition) is 2. The highest BCUT2D eigenvalue weighted by Gasteiger charge is 2.40. The lowest BCUT2D eigenvalue weighted by molar-refractivity contribution is -0.122. The lowest BCUT2D eigenvalue weighted by Crippen LogP contribution is -2.34. The van der Waals surface area contributed by atoms with E-state index in [4.69, 9.17) is 0 Å². The zero-order chi connectivity index (χ0) is 12.5. The first kappa shape index (κ1) is 12.5. The molecule has 3 fully saturated rings. The molecule has 3 heteroatoms. The molecule has 5 unspecified atom stereocenters. The van der Waals surface area contributed by atoms with Crippen LogP contribution in [0.15, 0.2) is 0 Å². The predicted octanol–water partition coefficient (Wildman–Crippen LogP) is 2.09. The lowest BCUT2D eigenvalue weighted by Gasteiger charge is -2.22. The van der Waals surface area contributed by atoms with E-state index in [0.717, 1.165) is 37.5 Å². The van der Waals surface area contributed by atoms with Crippen molar-refractivity contribution in [2.75, 3.05) is 6.54 Å². The predicted molar refractivity (Wildman–Crippen MR) is 69.9 cm³/mol. The van der Waals surface area contributed by atoms with Crippen molar-refractivity contribution in [3.05, 3.63) is 0 Å². The second-order valence-electron chi connectivity index (χ2n) is 6.70. The third-order valence-corrected chi connectivity index (χ3v) is 5.51. The smallest absolute Gasteiger partial charge is 0.220 e. The molecule has 0 aromatic rings. The summed E-state index contributed by atoms with van der Waals surface area (Å²) >= 11 is 0. The van der Waals surface area contributed by atoms with Crippen LogP contribution in [0.5, 0.6) is 0 Å². The van der Waals surface area contributed by atoms with Crippen LogP contribution in [0, 0.1) is 23.7 Å². The molecular formula is C15H25NO2. The van der Waals surface area contributed by atoms with Crippen LogP contribution in [-0.4, -0.2) is 23.7 Å². The summed E-state index contributed by atoms with van der Waals surface area (Å²) in [4.78, 5) is 11.9. The molecule has 2 bridgehead atoms. The fourth-order valence-electron chi connectivity index (χ4n) is 4.44. The zero-order valence-corrected chi connectivity index (χ0v) is 11.1. The molecule has 3 aliphatic carbocycles. The molecular weight excluding hydrogens is 226 g/mol. The van der Waals surface area contributed by atoms with Crippen LogP contribution in [0.2, 0.25) is 0 Å². The summed E-state index contributed by atoms with van der Waals surface area (Å²) in [5, 5.41) is 12.8. The molecule has 0 heterocycles. The van der Waals surface area contributed by atoms with Gasteiger partial charge in [0.2, 0.25) is 5.91 Å². The minimum Gasteiger partial charge on any atom is -0.393 e. The highest BCUT2D eigenvalue weighted by Crippen LogP contribution is 2.49. The summed E-state index contributed by atoms with van der Waals surface area (Å²) in [6.45, 7) is 0.681. The monoisotopic (exact) mass is 251 g/mol. The van der Waals surface area contributed by atoms with Gasteiger partial charge in [0.15, 0.2) is 0 Å². The second-order valence-corrected chi connectivity index (χ2v) is 6.70. The number of amides is 1. The van der Waals surface area contributed by atoms with Gasteiger partial charge >= 0.3 is 0 Å². The molecule has 0 aliphatic heterocycles. The number of nitrogens with one attached hydrogen (secondary N) is 1. The molecule has 18 heavy (non-hydrogen) atoms. The third kappa shape index (κ3) is 2.56. The Kier molecular flexibility index (Phi) is 3.60. The van der Waals surface area contributed by atoms with E-state index in [1.54, 1.807) is 0 Å². The van der Waals surface area contributed by atoms with Crippen molar-refractivity contribution >= 4 is 5.91 Å². The molecule has 3 nitrogen and oxygen atoms in total. The van der Waals surface area contributed by atoms with Crippen LogP contribution in [0.3, 0.4) is 0 Å². The summed E-state index contributed by atoms with van der Waals surface area (Å²) < 4.78 is 0. The summed E-state index contributed by atoms with van der Waals surface area (Å²) in [6, 6.07) is 0. The molecule has 3 saturated carbocycles. The number of carbonyl (C=O) groups is 1. The maximum absolute atomic E-state index is 11.9. The fourth-order valence-corrected chi connectivity index (χ4v) is 4.44. The third-order valence-electron chi connectivity index (χ3n) is 5.51. The number of hydrogen-bond donors (Lipinski definition) is 2. The number of rotatable bonds is 4. The molecule has 0 saturated heterocycles. The Morgan fingerprint density at radius 2 is 2.00 bits per heavy atom. The molecule has 3 rings (SSSR count). The van der Waals surface area contributed by atoms with Crippen molar-refractivity contribution in [1.82, 2.24) is 5.32 Å². The van der Waals surface area contributed by atoms with E-state index in [1.165, 1.54) is 25.7 Å². The molecule has 0 aromatic carbocycles. The number of aliphatic hydroxyl groups is 1. The molecule has 1 amide bonds. The zero-order valence-electron chi connectivity index (χ0n) is 11.1. The molecule has 5 atom stereocenters. The minimum atomic E-state index is -0.187. The van der Waals surface area contributed by atoms with Gasteiger partial charge in [-0.25, -0.2) is 0 Å². The van der Waals surface area contributed by atoms with Gasteiger partial charge in [-0.1, -0.05) is 12.8 Å². The lowest BCUT2D eigenvalue weighted by atomic mass is 9.86. The Morgan fingerprint density at radius 3 is 2.61 bits per heavy atom. The molecule has 102 valence electrons. The Bertz CT molecular complexity index is 318. The van der Waals surface area contributed by atoms with Gasteiger partial charge in [-0.3, -0.25) is 4.79 Å². The van der Waals surface area contributed by atoms with Crippen LogP contribution in [-0.2, 0) is 4.79 Å². The maximum Gasteiger partial charge on any atom is 0.220 e. The van der Waals surface area contributed by atoms with E-state index in [9.17, 15) is 9.90 Å². The van der Waals surface area contributed by atoms with Crippen molar-refractivity contribution in [2.45, 2.75) is 57.5 Å². The topological polar surface area (TPSA) is 49.3 Å². The normalized spacial score (nSPS) is 42.4. The Balaban J connectivity index is 1.39. The van der Waals surface area contributed by atoms with Crippen LogP contribution >= 0.6 is 0 Å². The standard InChI is InChI=1S/C15H25NO2/c17-14-3-1-2-12(14)9-16-15(18)8-13-7-10-4-5-11(13)6-10/h10-14,17H,1-9H2,(H,16,18). The van der Waals surface area contributed by atoms with Gasteiger partial charge in [-0.15, -0.1) is 0 Å². The average Bonchev–Trinajstić information content (AvgIpc) is 3.03.